The van der Waals surface area contributed by atoms with E-state index >= 15 is 0 Å². The molecule has 0 atom stereocenters. The molecule has 0 aliphatic carbocycles. The molecule has 3 N–H and O–H groups in total. The molecule has 100 valence electrons. The molecule has 0 amide bonds. The highest BCUT2D eigenvalue weighted by Gasteiger charge is 2.03. The summed E-state index contributed by atoms with van der Waals surface area (Å²) in [6.07, 6.45) is 1.91. The highest BCUT2D eigenvalue weighted by Crippen LogP contribution is 2.20. The van der Waals surface area contributed by atoms with Crippen LogP contribution in [0.15, 0.2) is 35.5 Å². The number of rotatable bonds is 5. The van der Waals surface area contributed by atoms with Gasteiger partial charge in [0.25, 0.3) is 0 Å². The van der Waals surface area contributed by atoms with Crippen molar-refractivity contribution in [3.8, 4) is 0 Å². The first-order valence-electron chi connectivity index (χ1n) is 5.74. The standard InChI is InChI=1S/C13H16N4OS/c1-18-8-9-4-3-5-10(6-9)15-12-7-11(14)16-13(17-12)19-2/h3-7H,8H2,1-2H3,(H3,14,15,16,17). The number of hydrogen-bond acceptors (Lipinski definition) is 6. The molecule has 1 aromatic heterocycles. The molecule has 0 radical (unpaired) electrons. The number of ether oxygens (including phenoxy) is 1. The molecule has 0 aliphatic heterocycles. The third-order valence-electron chi connectivity index (χ3n) is 2.42. The van der Waals surface area contributed by atoms with Crippen LogP contribution in [0.1, 0.15) is 5.56 Å². The van der Waals surface area contributed by atoms with Crippen LogP contribution in [0, 0.1) is 0 Å². The molecule has 0 saturated heterocycles. The van der Waals surface area contributed by atoms with Crippen molar-refractivity contribution in [2.75, 3.05) is 24.4 Å². The molecule has 0 saturated carbocycles. The Balaban J connectivity index is 2.20. The maximum absolute atomic E-state index is 5.74. The third-order valence-corrected chi connectivity index (χ3v) is 2.97. The molecule has 19 heavy (non-hydrogen) atoms. The number of methoxy groups -OCH3 is 1. The minimum atomic E-state index is 0.454. The van der Waals surface area contributed by atoms with Crippen LogP contribution in [-0.2, 0) is 11.3 Å². The van der Waals surface area contributed by atoms with E-state index in [4.69, 9.17) is 10.5 Å². The lowest BCUT2D eigenvalue weighted by molar-refractivity contribution is 0.185. The first-order valence-corrected chi connectivity index (χ1v) is 6.97. The fraction of sp³-hybridized carbons (Fsp3) is 0.231. The van der Waals surface area contributed by atoms with Gasteiger partial charge in [0, 0.05) is 18.9 Å². The molecule has 2 aromatic rings. The van der Waals surface area contributed by atoms with Gasteiger partial charge in [0.05, 0.1) is 6.61 Å². The summed E-state index contributed by atoms with van der Waals surface area (Å²) in [6.45, 7) is 0.581. The fourth-order valence-electron chi connectivity index (χ4n) is 1.65. The highest BCUT2D eigenvalue weighted by atomic mass is 32.2. The molecule has 0 aliphatic rings. The summed E-state index contributed by atoms with van der Waals surface area (Å²) in [6, 6.07) is 9.67. The topological polar surface area (TPSA) is 73.1 Å². The van der Waals surface area contributed by atoms with Crippen molar-refractivity contribution in [3.63, 3.8) is 0 Å². The largest absolute Gasteiger partial charge is 0.383 e. The molecule has 0 unspecified atom stereocenters. The minimum absolute atomic E-state index is 0.454. The van der Waals surface area contributed by atoms with Crippen LogP contribution in [0.3, 0.4) is 0 Å². The van der Waals surface area contributed by atoms with Gasteiger partial charge < -0.3 is 15.8 Å². The summed E-state index contributed by atoms with van der Waals surface area (Å²) in [5.41, 5.74) is 7.78. The first kappa shape index (κ1) is 13.6. The predicted molar refractivity (Wildman–Crippen MR) is 78.7 cm³/mol. The first-order chi connectivity index (χ1) is 9.21. The number of aromatic nitrogens is 2. The number of hydrogen-bond donors (Lipinski definition) is 2. The van der Waals surface area contributed by atoms with E-state index in [1.807, 2.05) is 30.5 Å². The van der Waals surface area contributed by atoms with Crippen molar-refractivity contribution in [2.24, 2.45) is 0 Å². The number of nitrogens with zero attached hydrogens (tertiary/aromatic N) is 2. The number of nitrogen functional groups attached to an aromatic ring is 1. The lowest BCUT2D eigenvalue weighted by Gasteiger charge is -2.09. The average molecular weight is 276 g/mol. The van der Waals surface area contributed by atoms with Crippen molar-refractivity contribution in [1.29, 1.82) is 0 Å². The maximum Gasteiger partial charge on any atom is 0.191 e. The van der Waals surface area contributed by atoms with Gasteiger partial charge in [0.2, 0.25) is 0 Å². The van der Waals surface area contributed by atoms with E-state index in [1.165, 1.54) is 11.8 Å². The van der Waals surface area contributed by atoms with E-state index in [1.54, 1.807) is 13.2 Å². The Morgan fingerprint density at radius 1 is 1.32 bits per heavy atom. The molecule has 6 heteroatoms. The van der Waals surface area contributed by atoms with Crippen LogP contribution in [0.2, 0.25) is 0 Å². The van der Waals surface area contributed by atoms with Crippen LogP contribution in [0.5, 0.6) is 0 Å². The monoisotopic (exact) mass is 276 g/mol. The Hall–Kier alpha value is -1.79. The summed E-state index contributed by atoms with van der Waals surface area (Å²) in [5, 5.41) is 3.87. The zero-order valence-electron chi connectivity index (χ0n) is 10.9. The van der Waals surface area contributed by atoms with Crippen LogP contribution < -0.4 is 11.1 Å². The molecule has 0 fully saturated rings. The fourth-order valence-corrected chi connectivity index (χ4v) is 2.04. The number of nitrogens with one attached hydrogen (secondary N) is 1. The van der Waals surface area contributed by atoms with Crippen molar-refractivity contribution in [1.82, 2.24) is 9.97 Å². The zero-order valence-corrected chi connectivity index (χ0v) is 11.7. The van der Waals surface area contributed by atoms with Gasteiger partial charge in [-0.15, -0.1) is 0 Å². The quantitative estimate of drug-likeness (QED) is 0.646. The second-order valence-electron chi connectivity index (χ2n) is 3.92. The van der Waals surface area contributed by atoms with E-state index in [-0.39, 0.29) is 0 Å². The molecule has 1 aromatic carbocycles. The molecule has 2 rings (SSSR count). The smallest absolute Gasteiger partial charge is 0.191 e. The summed E-state index contributed by atoms with van der Waals surface area (Å²) < 4.78 is 5.11. The van der Waals surface area contributed by atoms with E-state index in [0.29, 0.717) is 23.4 Å². The van der Waals surface area contributed by atoms with Gasteiger partial charge in [0.1, 0.15) is 11.6 Å². The summed E-state index contributed by atoms with van der Waals surface area (Å²) >= 11 is 1.46. The zero-order chi connectivity index (χ0) is 13.7. The van der Waals surface area contributed by atoms with E-state index < -0.39 is 0 Å². The van der Waals surface area contributed by atoms with Crippen LogP contribution in [-0.4, -0.2) is 23.3 Å². The Labute approximate surface area is 116 Å². The second-order valence-corrected chi connectivity index (χ2v) is 4.70. The number of thioether (sulfide) groups is 1. The Morgan fingerprint density at radius 3 is 2.89 bits per heavy atom. The van der Waals surface area contributed by atoms with E-state index in [9.17, 15) is 0 Å². The van der Waals surface area contributed by atoms with Crippen molar-refractivity contribution in [2.45, 2.75) is 11.8 Å². The van der Waals surface area contributed by atoms with Gasteiger partial charge in [-0.1, -0.05) is 23.9 Å². The van der Waals surface area contributed by atoms with Crippen LogP contribution in [0.4, 0.5) is 17.3 Å². The normalized spacial score (nSPS) is 10.4. The lowest BCUT2D eigenvalue weighted by Crippen LogP contribution is -2.00. The van der Waals surface area contributed by atoms with Crippen molar-refractivity contribution < 1.29 is 4.74 Å². The number of benzene rings is 1. The SMILES string of the molecule is COCc1cccc(Nc2cc(N)nc(SC)n2)c1. The van der Waals surface area contributed by atoms with Gasteiger partial charge in [-0.2, -0.15) is 0 Å². The minimum Gasteiger partial charge on any atom is -0.383 e. The molecular weight excluding hydrogens is 260 g/mol. The molecular formula is C13H16N4OS. The summed E-state index contributed by atoms with van der Waals surface area (Å²) in [5.74, 6) is 1.14. The van der Waals surface area contributed by atoms with Crippen molar-refractivity contribution in [3.05, 3.63) is 35.9 Å². The van der Waals surface area contributed by atoms with Gasteiger partial charge in [-0.25, -0.2) is 9.97 Å². The molecule has 0 bridgehead atoms. The summed E-state index contributed by atoms with van der Waals surface area (Å²) in [7, 11) is 1.68. The van der Waals surface area contributed by atoms with Crippen LogP contribution >= 0.6 is 11.8 Å². The Kier molecular flexibility index (Phi) is 4.59. The average Bonchev–Trinajstić information content (AvgIpc) is 2.39. The Morgan fingerprint density at radius 2 is 2.16 bits per heavy atom. The van der Waals surface area contributed by atoms with Crippen LogP contribution in [0.25, 0.3) is 0 Å². The van der Waals surface area contributed by atoms with Gasteiger partial charge in [-0.3, -0.25) is 0 Å². The number of nitrogens with two attached hydrogens (primary N) is 1. The van der Waals surface area contributed by atoms with E-state index in [2.05, 4.69) is 15.3 Å². The molecule has 0 spiro atoms. The van der Waals surface area contributed by atoms with E-state index in [0.717, 1.165) is 11.3 Å². The van der Waals surface area contributed by atoms with Crippen molar-refractivity contribution >= 4 is 29.1 Å². The summed E-state index contributed by atoms with van der Waals surface area (Å²) in [4.78, 5) is 8.46. The van der Waals surface area contributed by atoms with Gasteiger partial charge in [-0.05, 0) is 24.0 Å². The Bertz CT molecular complexity index is 562. The number of anilines is 3. The molecule has 1 heterocycles. The van der Waals surface area contributed by atoms with Gasteiger partial charge in [0.15, 0.2) is 5.16 Å². The third kappa shape index (κ3) is 3.84. The lowest BCUT2D eigenvalue weighted by atomic mass is 10.2. The molecule has 5 nitrogen and oxygen atoms in total. The predicted octanol–water partition coefficient (Wildman–Crippen LogP) is 2.67. The van der Waals surface area contributed by atoms with Gasteiger partial charge >= 0.3 is 0 Å². The second kappa shape index (κ2) is 6.40. The maximum atomic E-state index is 5.74. The highest BCUT2D eigenvalue weighted by molar-refractivity contribution is 7.98.